The number of rotatable bonds is 4. The number of hydrogen-bond donors (Lipinski definition) is 1. The first-order chi connectivity index (χ1) is 5.65. The summed E-state index contributed by atoms with van der Waals surface area (Å²) in [7, 11) is 0. The largest absolute Gasteiger partial charge is 0.390 e. The van der Waals surface area contributed by atoms with Gasteiger partial charge in [-0.05, 0) is 20.8 Å². The summed E-state index contributed by atoms with van der Waals surface area (Å²) < 4.78 is 35.3. The van der Waals surface area contributed by atoms with E-state index in [0.717, 1.165) is 0 Å². The van der Waals surface area contributed by atoms with Gasteiger partial charge in [-0.25, -0.2) is 0 Å². The third-order valence-corrected chi connectivity index (χ3v) is 2.53. The zero-order valence-corrected chi connectivity index (χ0v) is 8.76. The summed E-state index contributed by atoms with van der Waals surface area (Å²) in [4.78, 5) is 0. The summed E-state index contributed by atoms with van der Waals surface area (Å²) in [6, 6.07) is 0. The van der Waals surface area contributed by atoms with Crippen molar-refractivity contribution in [3.05, 3.63) is 0 Å². The first-order valence-corrected chi connectivity index (χ1v) is 4.54. The van der Waals surface area contributed by atoms with E-state index in [-0.39, 0.29) is 11.9 Å². The monoisotopic (exact) mass is 217 g/mol. The Bertz CT molecular complexity index is 154. The molecule has 0 bridgehead atoms. The van der Waals surface area contributed by atoms with Gasteiger partial charge in [-0.1, -0.05) is 0 Å². The van der Waals surface area contributed by atoms with Crippen LogP contribution in [-0.2, 0) is 0 Å². The van der Waals surface area contributed by atoms with E-state index >= 15 is 0 Å². The van der Waals surface area contributed by atoms with E-state index in [1.165, 1.54) is 0 Å². The third-order valence-electron chi connectivity index (χ3n) is 1.98. The molecule has 0 aromatic rings. The van der Waals surface area contributed by atoms with Crippen molar-refractivity contribution in [1.82, 2.24) is 5.32 Å². The summed E-state index contributed by atoms with van der Waals surface area (Å²) in [5, 5.41) is 2.56. The highest BCUT2D eigenvalue weighted by Gasteiger charge is 2.29. The molecular formula is C8H15ClF3N. The molecule has 0 aliphatic rings. The van der Waals surface area contributed by atoms with Gasteiger partial charge in [0.1, 0.15) is 0 Å². The molecule has 1 unspecified atom stereocenters. The Balaban J connectivity index is 3.77. The Kier molecular flexibility index (Phi) is 4.52. The van der Waals surface area contributed by atoms with E-state index in [2.05, 4.69) is 5.32 Å². The lowest BCUT2D eigenvalue weighted by molar-refractivity contribution is -0.134. The molecule has 1 nitrogen and oxygen atoms in total. The minimum absolute atomic E-state index is 0.0897. The lowest BCUT2D eigenvalue weighted by atomic mass is 10.0. The topological polar surface area (TPSA) is 12.0 Å². The van der Waals surface area contributed by atoms with Gasteiger partial charge in [0.25, 0.3) is 0 Å². The molecule has 0 aromatic carbocycles. The number of nitrogens with one attached hydrogen (secondary N) is 1. The van der Waals surface area contributed by atoms with Crippen molar-refractivity contribution in [3.63, 3.8) is 0 Å². The van der Waals surface area contributed by atoms with Crippen molar-refractivity contribution in [3.8, 4) is 0 Å². The van der Waals surface area contributed by atoms with Gasteiger partial charge in [-0.15, -0.1) is 11.6 Å². The van der Waals surface area contributed by atoms with E-state index in [1.54, 1.807) is 20.8 Å². The lowest BCUT2D eigenvalue weighted by Gasteiger charge is -2.29. The third kappa shape index (κ3) is 6.16. The Morgan fingerprint density at radius 3 is 2.08 bits per heavy atom. The second-order valence-corrected chi connectivity index (χ2v) is 4.28. The zero-order valence-electron chi connectivity index (χ0n) is 8.00. The Morgan fingerprint density at radius 2 is 1.77 bits per heavy atom. The molecular weight excluding hydrogens is 203 g/mol. The Morgan fingerprint density at radius 1 is 1.31 bits per heavy atom. The molecule has 80 valence electrons. The average Bonchev–Trinajstić information content (AvgIpc) is 1.82. The average molecular weight is 218 g/mol. The standard InChI is InChI=1S/C8H15ClF3N/c1-6(9)7(2,3)13-5-4-8(10,11)12/h6,13H,4-5H2,1-3H3. The van der Waals surface area contributed by atoms with Crippen LogP contribution in [0.25, 0.3) is 0 Å². The van der Waals surface area contributed by atoms with Gasteiger partial charge in [0.05, 0.1) is 6.42 Å². The van der Waals surface area contributed by atoms with Crippen LogP contribution in [0.5, 0.6) is 0 Å². The second kappa shape index (κ2) is 4.51. The van der Waals surface area contributed by atoms with Crippen LogP contribution in [0.4, 0.5) is 13.2 Å². The van der Waals surface area contributed by atoms with Crippen LogP contribution in [0.3, 0.4) is 0 Å². The molecule has 13 heavy (non-hydrogen) atoms. The maximum atomic E-state index is 11.8. The lowest BCUT2D eigenvalue weighted by Crippen LogP contribution is -2.47. The Hall–Kier alpha value is 0.0400. The highest BCUT2D eigenvalue weighted by Crippen LogP contribution is 2.20. The SMILES string of the molecule is CC(Cl)C(C)(C)NCCC(F)(F)F. The van der Waals surface area contributed by atoms with Crippen molar-refractivity contribution in [2.45, 2.75) is 44.3 Å². The molecule has 0 rings (SSSR count). The molecule has 0 aliphatic carbocycles. The second-order valence-electron chi connectivity index (χ2n) is 3.63. The molecule has 0 spiro atoms. The van der Waals surface area contributed by atoms with Crippen LogP contribution in [0.1, 0.15) is 27.2 Å². The van der Waals surface area contributed by atoms with Crippen LogP contribution in [0.2, 0.25) is 0 Å². The van der Waals surface area contributed by atoms with Gasteiger partial charge in [-0.3, -0.25) is 0 Å². The number of hydrogen-bond acceptors (Lipinski definition) is 1. The minimum Gasteiger partial charge on any atom is -0.310 e. The molecule has 0 aliphatic heterocycles. The predicted octanol–water partition coefficient (Wildman–Crippen LogP) is 2.93. The van der Waals surface area contributed by atoms with Crippen molar-refractivity contribution < 1.29 is 13.2 Å². The van der Waals surface area contributed by atoms with Crippen LogP contribution >= 0.6 is 11.6 Å². The molecule has 0 heterocycles. The van der Waals surface area contributed by atoms with Gasteiger partial charge < -0.3 is 5.32 Å². The fraction of sp³-hybridized carbons (Fsp3) is 1.00. The summed E-state index contributed by atoms with van der Waals surface area (Å²) in [6.07, 6.45) is -4.92. The van der Waals surface area contributed by atoms with E-state index in [0.29, 0.717) is 0 Å². The van der Waals surface area contributed by atoms with Crippen LogP contribution in [0, 0.1) is 0 Å². The summed E-state index contributed by atoms with van der Waals surface area (Å²) in [5.74, 6) is 0. The number of alkyl halides is 4. The highest BCUT2D eigenvalue weighted by molar-refractivity contribution is 6.21. The molecule has 0 fully saturated rings. The molecule has 1 atom stereocenters. The molecule has 0 radical (unpaired) electrons. The van der Waals surface area contributed by atoms with Crippen LogP contribution in [-0.4, -0.2) is 23.6 Å². The maximum absolute atomic E-state index is 11.8. The van der Waals surface area contributed by atoms with Crippen LogP contribution in [0.15, 0.2) is 0 Å². The van der Waals surface area contributed by atoms with Gasteiger partial charge >= 0.3 is 6.18 Å². The molecule has 1 N–H and O–H groups in total. The fourth-order valence-electron chi connectivity index (χ4n) is 0.667. The molecule has 5 heteroatoms. The molecule has 0 amide bonds. The van der Waals surface area contributed by atoms with Gasteiger partial charge in [0, 0.05) is 17.5 Å². The van der Waals surface area contributed by atoms with Crippen molar-refractivity contribution in [2.24, 2.45) is 0 Å². The zero-order chi connectivity index (χ0) is 10.7. The van der Waals surface area contributed by atoms with E-state index in [9.17, 15) is 13.2 Å². The smallest absolute Gasteiger partial charge is 0.310 e. The number of halogens is 4. The molecule has 0 saturated heterocycles. The summed E-state index contributed by atoms with van der Waals surface area (Å²) in [6.45, 7) is 5.22. The molecule has 0 saturated carbocycles. The van der Waals surface area contributed by atoms with Crippen molar-refractivity contribution in [2.75, 3.05) is 6.54 Å². The van der Waals surface area contributed by atoms with Crippen molar-refractivity contribution in [1.29, 1.82) is 0 Å². The Labute approximate surface area is 81.6 Å². The fourth-order valence-corrected chi connectivity index (χ4v) is 0.744. The van der Waals surface area contributed by atoms with E-state index in [4.69, 9.17) is 11.6 Å². The minimum atomic E-state index is -4.10. The van der Waals surface area contributed by atoms with Crippen molar-refractivity contribution >= 4 is 11.6 Å². The summed E-state index contributed by atoms with van der Waals surface area (Å²) >= 11 is 5.78. The maximum Gasteiger partial charge on any atom is 0.390 e. The van der Waals surface area contributed by atoms with E-state index < -0.39 is 18.1 Å². The predicted molar refractivity (Wildman–Crippen MR) is 48.1 cm³/mol. The van der Waals surface area contributed by atoms with Gasteiger partial charge in [-0.2, -0.15) is 13.2 Å². The van der Waals surface area contributed by atoms with E-state index in [1.807, 2.05) is 0 Å². The first-order valence-electron chi connectivity index (χ1n) is 4.11. The summed E-state index contributed by atoms with van der Waals surface area (Å²) in [5.41, 5.74) is -0.465. The normalized spacial score (nSPS) is 15.9. The van der Waals surface area contributed by atoms with Crippen LogP contribution < -0.4 is 5.32 Å². The first kappa shape index (κ1) is 13.0. The highest BCUT2D eigenvalue weighted by atomic mass is 35.5. The van der Waals surface area contributed by atoms with Gasteiger partial charge in [0.2, 0.25) is 0 Å². The quantitative estimate of drug-likeness (QED) is 0.714. The molecule has 0 aromatic heterocycles. The van der Waals surface area contributed by atoms with Gasteiger partial charge in [0.15, 0.2) is 0 Å².